The van der Waals surface area contributed by atoms with Crippen molar-refractivity contribution in [2.75, 3.05) is 0 Å². The average molecular weight is 168 g/mol. The van der Waals surface area contributed by atoms with Crippen molar-refractivity contribution in [1.82, 2.24) is 0 Å². The smallest absolute Gasteiger partial charge is 0.00104 e. The van der Waals surface area contributed by atoms with Crippen molar-refractivity contribution in [2.24, 2.45) is 17.8 Å². The van der Waals surface area contributed by atoms with Crippen LogP contribution in [0.15, 0.2) is 12.2 Å². The van der Waals surface area contributed by atoms with Crippen LogP contribution in [-0.4, -0.2) is 5.37 Å². The molecule has 1 rings (SSSR count). The van der Waals surface area contributed by atoms with Crippen molar-refractivity contribution in [2.45, 2.75) is 26.7 Å². The molecule has 1 aliphatic carbocycles. The minimum atomic E-state index is 0.696. The van der Waals surface area contributed by atoms with Crippen LogP contribution in [0.1, 0.15) is 26.7 Å². The molecule has 0 aromatic heterocycles. The minimum Gasteiger partial charge on any atom is -0.0887 e. The number of hydrogen-bond acceptors (Lipinski definition) is 1. The predicted molar refractivity (Wildman–Crippen MR) is 53.8 cm³/mol. The molecular formula is C10H16S. The fourth-order valence-corrected chi connectivity index (χ4v) is 1.54. The van der Waals surface area contributed by atoms with Crippen molar-refractivity contribution in [3.63, 3.8) is 0 Å². The van der Waals surface area contributed by atoms with Gasteiger partial charge in [0.15, 0.2) is 0 Å². The zero-order chi connectivity index (χ0) is 8.27. The minimum absolute atomic E-state index is 0.696. The van der Waals surface area contributed by atoms with Gasteiger partial charge in [0, 0.05) is 5.37 Å². The summed E-state index contributed by atoms with van der Waals surface area (Å²) in [4.78, 5) is 0. The van der Waals surface area contributed by atoms with E-state index in [1.54, 1.807) is 5.37 Å². The highest BCUT2D eigenvalue weighted by molar-refractivity contribution is 7.79. The van der Waals surface area contributed by atoms with E-state index in [-0.39, 0.29) is 0 Å². The highest BCUT2D eigenvalue weighted by atomic mass is 32.1. The normalized spacial score (nSPS) is 23.5. The summed E-state index contributed by atoms with van der Waals surface area (Å²) in [6.07, 6.45) is 7.09. The predicted octanol–water partition coefficient (Wildman–Crippen LogP) is 3.22. The second-order valence-electron chi connectivity index (χ2n) is 3.58. The lowest BCUT2D eigenvalue weighted by molar-refractivity contribution is 0.407. The molecule has 0 spiro atoms. The Morgan fingerprint density at radius 3 is 2.45 bits per heavy atom. The molecule has 0 N–H and O–H groups in total. The molecule has 1 fully saturated rings. The number of allylic oxidation sites excluding steroid dienone is 2. The van der Waals surface area contributed by atoms with Crippen LogP contribution in [0.25, 0.3) is 0 Å². The van der Waals surface area contributed by atoms with Crippen LogP contribution in [0, 0.1) is 17.8 Å². The van der Waals surface area contributed by atoms with Crippen molar-refractivity contribution in [3.05, 3.63) is 12.2 Å². The molecule has 0 aliphatic heterocycles. The van der Waals surface area contributed by atoms with Crippen molar-refractivity contribution in [3.8, 4) is 0 Å². The molecular weight excluding hydrogens is 152 g/mol. The van der Waals surface area contributed by atoms with Crippen molar-refractivity contribution >= 4 is 17.6 Å². The Kier molecular flexibility index (Phi) is 3.25. The van der Waals surface area contributed by atoms with E-state index < -0.39 is 0 Å². The molecule has 0 radical (unpaired) electrons. The molecule has 0 nitrogen and oxygen atoms in total. The molecule has 0 aromatic carbocycles. The quantitative estimate of drug-likeness (QED) is 0.459. The lowest BCUT2D eigenvalue weighted by atomic mass is 9.91. The largest absolute Gasteiger partial charge is 0.0887 e. The van der Waals surface area contributed by atoms with Crippen LogP contribution in [0.2, 0.25) is 0 Å². The van der Waals surface area contributed by atoms with Gasteiger partial charge in [0.25, 0.3) is 0 Å². The third kappa shape index (κ3) is 2.74. The molecule has 1 saturated carbocycles. The fourth-order valence-electron chi connectivity index (χ4n) is 1.45. The summed E-state index contributed by atoms with van der Waals surface area (Å²) in [7, 11) is 0. The topological polar surface area (TPSA) is 0 Å². The molecule has 1 aliphatic rings. The summed E-state index contributed by atoms with van der Waals surface area (Å²) in [5.74, 6) is 2.54. The second-order valence-corrected chi connectivity index (χ2v) is 3.85. The molecule has 11 heavy (non-hydrogen) atoms. The van der Waals surface area contributed by atoms with Gasteiger partial charge in [-0.25, -0.2) is 0 Å². The summed E-state index contributed by atoms with van der Waals surface area (Å²) in [6, 6.07) is 0. The molecule has 0 heterocycles. The maximum atomic E-state index is 4.73. The van der Waals surface area contributed by atoms with Gasteiger partial charge in [0.05, 0.1) is 0 Å². The second kappa shape index (κ2) is 4.01. The van der Waals surface area contributed by atoms with E-state index in [1.165, 1.54) is 12.8 Å². The molecule has 62 valence electrons. The molecule has 2 atom stereocenters. The lowest BCUT2D eigenvalue weighted by Gasteiger charge is -2.14. The standard InChI is InChI=1S/C10H16S/c1-8(4-3-7-11)9(2)10-5-6-10/h3-4,7-10H,5-6H2,1-2H3. The number of thiocarbonyl (C=S) groups is 1. The van der Waals surface area contributed by atoms with Crippen LogP contribution in [0.4, 0.5) is 0 Å². The molecule has 0 saturated heterocycles. The lowest BCUT2D eigenvalue weighted by Crippen LogP contribution is -2.06. The van der Waals surface area contributed by atoms with Gasteiger partial charge in [-0.3, -0.25) is 0 Å². The number of hydrogen-bond donors (Lipinski definition) is 0. The zero-order valence-corrected chi connectivity index (χ0v) is 8.10. The summed E-state index contributed by atoms with van der Waals surface area (Å²) in [5, 5.41) is 1.69. The van der Waals surface area contributed by atoms with Gasteiger partial charge in [-0.1, -0.05) is 38.2 Å². The first-order chi connectivity index (χ1) is 5.25. The summed E-state index contributed by atoms with van der Waals surface area (Å²) in [5.41, 5.74) is 0. The van der Waals surface area contributed by atoms with E-state index in [0.717, 1.165) is 11.8 Å². The van der Waals surface area contributed by atoms with Crippen LogP contribution in [0.3, 0.4) is 0 Å². The van der Waals surface area contributed by atoms with Crippen molar-refractivity contribution < 1.29 is 0 Å². The first-order valence-corrected chi connectivity index (χ1v) is 4.84. The SMILES string of the molecule is CC(C=CC=S)C(C)C1CC1. The van der Waals surface area contributed by atoms with E-state index >= 15 is 0 Å². The molecule has 0 amide bonds. The maximum absolute atomic E-state index is 4.73. The van der Waals surface area contributed by atoms with Gasteiger partial charge in [-0.05, 0) is 30.6 Å². The van der Waals surface area contributed by atoms with E-state index in [9.17, 15) is 0 Å². The van der Waals surface area contributed by atoms with Gasteiger partial charge in [-0.2, -0.15) is 0 Å². The molecule has 0 aromatic rings. The fraction of sp³-hybridized carbons (Fsp3) is 0.700. The van der Waals surface area contributed by atoms with E-state index in [4.69, 9.17) is 12.2 Å². The summed E-state index contributed by atoms with van der Waals surface area (Å²) >= 11 is 4.73. The van der Waals surface area contributed by atoms with Crippen LogP contribution in [-0.2, 0) is 0 Å². The van der Waals surface area contributed by atoms with Crippen LogP contribution < -0.4 is 0 Å². The first-order valence-electron chi connectivity index (χ1n) is 4.37. The highest BCUT2D eigenvalue weighted by Gasteiger charge is 2.29. The Hall–Kier alpha value is -0.170. The Morgan fingerprint density at radius 1 is 1.36 bits per heavy atom. The van der Waals surface area contributed by atoms with Crippen LogP contribution >= 0.6 is 12.2 Å². The Bertz CT molecular complexity index is 156. The first kappa shape index (κ1) is 8.92. The Balaban J connectivity index is 2.32. The highest BCUT2D eigenvalue weighted by Crippen LogP contribution is 2.40. The van der Waals surface area contributed by atoms with Gasteiger partial charge < -0.3 is 0 Å². The third-order valence-corrected chi connectivity index (χ3v) is 2.85. The molecule has 1 heteroatoms. The van der Waals surface area contributed by atoms with E-state index in [1.807, 2.05) is 6.08 Å². The molecule has 2 unspecified atom stereocenters. The van der Waals surface area contributed by atoms with Crippen molar-refractivity contribution in [1.29, 1.82) is 0 Å². The number of rotatable bonds is 4. The monoisotopic (exact) mass is 168 g/mol. The van der Waals surface area contributed by atoms with Gasteiger partial charge >= 0.3 is 0 Å². The third-order valence-electron chi connectivity index (χ3n) is 2.69. The Labute approximate surface area is 74.7 Å². The van der Waals surface area contributed by atoms with Crippen LogP contribution in [0.5, 0.6) is 0 Å². The zero-order valence-electron chi connectivity index (χ0n) is 7.29. The average Bonchev–Trinajstić information content (AvgIpc) is 2.81. The summed E-state index contributed by atoms with van der Waals surface area (Å²) < 4.78 is 0. The van der Waals surface area contributed by atoms with Gasteiger partial charge in [0.1, 0.15) is 0 Å². The maximum Gasteiger partial charge on any atom is 0.00104 e. The van der Waals surface area contributed by atoms with E-state index in [0.29, 0.717) is 5.92 Å². The van der Waals surface area contributed by atoms with Gasteiger partial charge in [-0.15, -0.1) is 0 Å². The Morgan fingerprint density at radius 2 is 2.00 bits per heavy atom. The van der Waals surface area contributed by atoms with E-state index in [2.05, 4.69) is 19.9 Å². The molecule has 0 bridgehead atoms. The summed E-state index contributed by atoms with van der Waals surface area (Å²) in [6.45, 7) is 4.62. The van der Waals surface area contributed by atoms with Gasteiger partial charge in [0.2, 0.25) is 0 Å².